The van der Waals surface area contributed by atoms with Crippen molar-refractivity contribution in [3.05, 3.63) is 40.1 Å². The summed E-state index contributed by atoms with van der Waals surface area (Å²) in [5, 5.41) is 7.87. The highest BCUT2D eigenvalue weighted by Crippen LogP contribution is 2.44. The van der Waals surface area contributed by atoms with Gasteiger partial charge in [-0.15, -0.1) is 0 Å². The van der Waals surface area contributed by atoms with Gasteiger partial charge in [-0.2, -0.15) is 0 Å². The van der Waals surface area contributed by atoms with Crippen molar-refractivity contribution in [3.8, 4) is 0 Å². The van der Waals surface area contributed by atoms with Gasteiger partial charge >= 0.3 is 5.97 Å². The number of hydrogen-bond donors (Lipinski definition) is 1. The third kappa shape index (κ3) is 4.74. The molecule has 2 aliphatic carbocycles. The number of aryl methyl sites for hydroxylation is 3. The van der Waals surface area contributed by atoms with Crippen molar-refractivity contribution >= 4 is 23.0 Å². The molecule has 1 fully saturated rings. The van der Waals surface area contributed by atoms with E-state index in [1.54, 1.807) is 0 Å². The smallest absolute Gasteiger partial charge is 0.316 e. The molecule has 0 saturated heterocycles. The highest BCUT2D eigenvalue weighted by atomic mass is 16.5. The van der Waals surface area contributed by atoms with Crippen molar-refractivity contribution in [2.45, 2.75) is 80.1 Å². The summed E-state index contributed by atoms with van der Waals surface area (Å²) in [4.78, 5) is 26.0. The maximum Gasteiger partial charge on any atom is 0.316 e. The minimum atomic E-state index is -0.633. The molecule has 1 atom stereocenters. The van der Waals surface area contributed by atoms with E-state index in [0.717, 1.165) is 60.1 Å². The first kappa shape index (κ1) is 22.5. The number of ketones is 1. The lowest BCUT2D eigenvalue weighted by Crippen LogP contribution is -2.25. The van der Waals surface area contributed by atoms with Crippen LogP contribution in [-0.2, 0) is 14.3 Å². The monoisotopic (exact) mass is 409 g/mol. The van der Waals surface area contributed by atoms with Crippen LogP contribution in [0.5, 0.6) is 0 Å². The number of allylic oxidation sites excluding steroid dienone is 2. The van der Waals surface area contributed by atoms with Crippen molar-refractivity contribution in [1.82, 2.24) is 0 Å². The summed E-state index contributed by atoms with van der Waals surface area (Å²) in [5.74, 6) is 0.782. The molecule has 1 unspecified atom stereocenters. The fraction of sp³-hybridized carbons (Fsp3) is 0.577. The van der Waals surface area contributed by atoms with E-state index < -0.39 is 5.41 Å². The molecule has 2 aliphatic rings. The van der Waals surface area contributed by atoms with Crippen molar-refractivity contribution in [1.29, 1.82) is 5.41 Å². The zero-order valence-electron chi connectivity index (χ0n) is 19.3. The summed E-state index contributed by atoms with van der Waals surface area (Å²) in [6, 6.07) is 4.18. The zero-order chi connectivity index (χ0) is 22.2. The Morgan fingerprint density at radius 2 is 1.67 bits per heavy atom. The number of nitrogens with one attached hydrogen (secondary N) is 1. The van der Waals surface area contributed by atoms with E-state index in [0.29, 0.717) is 23.7 Å². The number of carbonyl (C=O) groups is 2. The molecule has 4 heteroatoms. The van der Waals surface area contributed by atoms with E-state index in [1.807, 2.05) is 34.6 Å². The summed E-state index contributed by atoms with van der Waals surface area (Å²) in [7, 11) is 0. The molecular weight excluding hydrogens is 374 g/mol. The molecule has 30 heavy (non-hydrogen) atoms. The third-order valence-corrected chi connectivity index (χ3v) is 6.40. The largest absolute Gasteiger partial charge is 0.430 e. The van der Waals surface area contributed by atoms with Gasteiger partial charge in [0.1, 0.15) is 5.76 Å². The third-order valence-electron chi connectivity index (χ3n) is 6.40. The second kappa shape index (κ2) is 8.49. The fourth-order valence-electron chi connectivity index (χ4n) is 4.84. The van der Waals surface area contributed by atoms with E-state index in [4.69, 9.17) is 10.1 Å². The number of rotatable bonds is 4. The molecule has 0 aromatic heterocycles. The van der Waals surface area contributed by atoms with Gasteiger partial charge in [0.25, 0.3) is 0 Å². The molecule has 162 valence electrons. The van der Waals surface area contributed by atoms with Gasteiger partial charge in [-0.05, 0) is 96.3 Å². The van der Waals surface area contributed by atoms with Crippen LogP contribution in [0.25, 0.3) is 5.57 Å². The number of carbonyl (C=O) groups excluding carboxylic acids is 2. The minimum absolute atomic E-state index is 0.0591. The Balaban J connectivity index is 2.03. The van der Waals surface area contributed by atoms with Crippen LogP contribution in [0.4, 0.5) is 0 Å². The molecule has 0 bridgehead atoms. The van der Waals surface area contributed by atoms with Crippen LogP contribution in [0, 0.1) is 43.4 Å². The van der Waals surface area contributed by atoms with Crippen LogP contribution in [0.1, 0.15) is 81.5 Å². The Hall–Kier alpha value is -2.23. The molecule has 1 N–H and O–H groups in total. The summed E-state index contributed by atoms with van der Waals surface area (Å²) in [5.41, 5.74) is 4.99. The van der Waals surface area contributed by atoms with Crippen LogP contribution in [0.15, 0.2) is 17.9 Å². The van der Waals surface area contributed by atoms with Gasteiger partial charge in [0, 0.05) is 18.1 Å². The highest BCUT2D eigenvalue weighted by Gasteiger charge is 2.40. The average molecular weight is 410 g/mol. The number of hydrogen-bond acceptors (Lipinski definition) is 4. The van der Waals surface area contributed by atoms with Crippen LogP contribution in [0.3, 0.4) is 0 Å². The molecule has 1 aromatic rings. The van der Waals surface area contributed by atoms with Crippen LogP contribution < -0.4 is 0 Å². The van der Waals surface area contributed by atoms with Crippen LogP contribution >= 0.6 is 0 Å². The number of Topliss-reactive ketones (excluding diaryl/α,β-unsaturated/α-hetero) is 1. The standard InChI is InChI=1S/C26H35NO3/c1-15-11-16(2)22(17(3)12-15)23-21(28)14-19(13-18-7-9-20(27)10-8-18)24(23)30-25(29)26(4,5)6/h11-12,18-19,27H,7-10,13-14H2,1-6H3. The van der Waals surface area contributed by atoms with Gasteiger partial charge in [-0.3, -0.25) is 9.59 Å². The lowest BCUT2D eigenvalue weighted by molar-refractivity contribution is -0.149. The molecule has 0 amide bonds. The van der Waals surface area contributed by atoms with Crippen molar-refractivity contribution in [2.24, 2.45) is 17.3 Å². The molecule has 3 rings (SSSR count). The van der Waals surface area contributed by atoms with Crippen LogP contribution in [-0.4, -0.2) is 17.5 Å². The Bertz CT molecular complexity index is 884. The van der Waals surface area contributed by atoms with E-state index >= 15 is 0 Å². The van der Waals surface area contributed by atoms with E-state index in [2.05, 4.69) is 19.1 Å². The fourth-order valence-corrected chi connectivity index (χ4v) is 4.84. The SMILES string of the molecule is Cc1cc(C)c(C2=C(OC(=O)C(C)(C)C)C(CC3CCC(=N)CC3)CC2=O)c(C)c1. The first-order chi connectivity index (χ1) is 14.0. The number of benzene rings is 1. The molecule has 0 spiro atoms. The topological polar surface area (TPSA) is 67.2 Å². The van der Waals surface area contributed by atoms with Crippen molar-refractivity contribution in [2.75, 3.05) is 0 Å². The molecular formula is C26H35NO3. The molecule has 0 heterocycles. The average Bonchev–Trinajstić information content (AvgIpc) is 2.91. The van der Waals surface area contributed by atoms with Crippen LogP contribution in [0.2, 0.25) is 0 Å². The lowest BCUT2D eigenvalue weighted by Gasteiger charge is -2.27. The van der Waals surface area contributed by atoms with E-state index in [1.165, 1.54) is 0 Å². The Kier molecular flexibility index (Phi) is 6.35. The Labute approximate surface area is 180 Å². The Morgan fingerprint density at radius 3 is 2.20 bits per heavy atom. The predicted molar refractivity (Wildman–Crippen MR) is 121 cm³/mol. The van der Waals surface area contributed by atoms with Gasteiger partial charge in [-0.25, -0.2) is 0 Å². The summed E-state index contributed by atoms with van der Waals surface area (Å²) >= 11 is 0. The van der Waals surface area contributed by atoms with Crippen molar-refractivity contribution in [3.63, 3.8) is 0 Å². The van der Waals surface area contributed by atoms with E-state index in [9.17, 15) is 9.59 Å². The van der Waals surface area contributed by atoms with Gasteiger partial charge in [0.15, 0.2) is 5.78 Å². The second-order valence-electron chi connectivity index (χ2n) is 10.3. The van der Waals surface area contributed by atoms with Gasteiger partial charge in [0.2, 0.25) is 0 Å². The predicted octanol–water partition coefficient (Wildman–Crippen LogP) is 6.10. The van der Waals surface area contributed by atoms with Crippen molar-refractivity contribution < 1.29 is 14.3 Å². The highest BCUT2D eigenvalue weighted by molar-refractivity contribution is 6.24. The second-order valence-corrected chi connectivity index (χ2v) is 10.3. The molecule has 1 saturated carbocycles. The number of ether oxygens (including phenoxy) is 1. The summed E-state index contributed by atoms with van der Waals surface area (Å²) in [6.07, 6.45) is 4.91. The Morgan fingerprint density at radius 1 is 1.10 bits per heavy atom. The summed E-state index contributed by atoms with van der Waals surface area (Å²) < 4.78 is 6.01. The lowest BCUT2D eigenvalue weighted by atomic mass is 9.81. The molecule has 4 nitrogen and oxygen atoms in total. The first-order valence-electron chi connectivity index (χ1n) is 11.1. The maximum absolute atomic E-state index is 13.2. The number of esters is 1. The molecule has 1 aromatic carbocycles. The molecule has 0 aliphatic heterocycles. The zero-order valence-corrected chi connectivity index (χ0v) is 19.3. The van der Waals surface area contributed by atoms with Gasteiger partial charge in [-0.1, -0.05) is 17.7 Å². The minimum Gasteiger partial charge on any atom is -0.430 e. The first-order valence-corrected chi connectivity index (χ1v) is 11.1. The van der Waals surface area contributed by atoms with E-state index in [-0.39, 0.29) is 17.7 Å². The quantitative estimate of drug-likeness (QED) is 0.611. The van der Waals surface area contributed by atoms with Gasteiger partial charge < -0.3 is 10.1 Å². The maximum atomic E-state index is 13.2. The van der Waals surface area contributed by atoms with Gasteiger partial charge in [0.05, 0.1) is 11.0 Å². The summed E-state index contributed by atoms with van der Waals surface area (Å²) in [6.45, 7) is 11.6. The normalized spacial score (nSPS) is 22.6. The molecule has 0 radical (unpaired) electrons.